The molecule has 1 atom stereocenters. The summed E-state index contributed by atoms with van der Waals surface area (Å²) in [6.07, 6.45) is 4.97. The predicted octanol–water partition coefficient (Wildman–Crippen LogP) is 6.77. The first-order chi connectivity index (χ1) is 19.9. The number of hydrogen-bond donors (Lipinski definition) is 1. The van der Waals surface area contributed by atoms with Crippen molar-refractivity contribution >= 4 is 73.9 Å². The van der Waals surface area contributed by atoms with Crippen LogP contribution in [0.5, 0.6) is 0 Å². The molecule has 1 aliphatic rings. The quantitative estimate of drug-likeness (QED) is 0.244. The highest BCUT2D eigenvalue weighted by atomic mass is 35.5. The van der Waals surface area contributed by atoms with Crippen molar-refractivity contribution in [2.24, 2.45) is 0 Å². The van der Waals surface area contributed by atoms with Crippen molar-refractivity contribution in [3.63, 3.8) is 0 Å². The topological polar surface area (TPSA) is 86.8 Å². The van der Waals surface area contributed by atoms with Gasteiger partial charge in [0.05, 0.1) is 22.0 Å². The molecule has 224 valence electrons. The van der Waals surface area contributed by atoms with Gasteiger partial charge in [0.25, 0.3) is 0 Å². The number of hydrogen-bond acceptors (Lipinski definition) is 4. The summed E-state index contributed by atoms with van der Waals surface area (Å²) in [5.74, 6) is -0.902. The third kappa shape index (κ3) is 8.77. The highest BCUT2D eigenvalue weighted by molar-refractivity contribution is 7.92. The molecule has 0 aromatic heterocycles. The molecular formula is C30H31Cl4N3O4S. The second-order valence-electron chi connectivity index (χ2n) is 10.4. The van der Waals surface area contributed by atoms with Crippen LogP contribution in [0, 0.1) is 0 Å². The number of amides is 2. The number of nitrogens with one attached hydrogen (secondary N) is 1. The standard InChI is InChI=1S/C30H31Cl4N3O4S/c1-42(40,41)37(25-16-22(31)15-23(32)17-25)19-29(38)36(18-21-11-12-26(33)27(34)13-21)28(14-20-7-3-2-4-8-20)30(39)35-24-9-5-6-10-24/h2-4,7-8,11-13,15-17,24,28H,5-6,9-10,14,18-19H2,1H3,(H,35,39)/t28-/m0/s1. The molecule has 3 aromatic carbocycles. The van der Waals surface area contributed by atoms with Crippen molar-refractivity contribution < 1.29 is 18.0 Å². The van der Waals surface area contributed by atoms with Crippen molar-refractivity contribution in [3.8, 4) is 0 Å². The SMILES string of the molecule is CS(=O)(=O)N(CC(=O)N(Cc1ccc(Cl)c(Cl)c1)[C@@H](Cc1ccccc1)C(=O)NC1CCCC1)c1cc(Cl)cc(Cl)c1. The summed E-state index contributed by atoms with van der Waals surface area (Å²) in [6, 6.07) is 17.7. The maximum absolute atomic E-state index is 14.2. The van der Waals surface area contributed by atoms with E-state index in [4.69, 9.17) is 46.4 Å². The van der Waals surface area contributed by atoms with Crippen molar-refractivity contribution in [1.82, 2.24) is 10.2 Å². The number of nitrogens with zero attached hydrogens (tertiary/aromatic N) is 2. The number of sulfonamides is 1. The Hall–Kier alpha value is -2.49. The zero-order chi connectivity index (χ0) is 30.4. The molecule has 0 aliphatic heterocycles. The zero-order valence-corrected chi connectivity index (χ0v) is 26.7. The van der Waals surface area contributed by atoms with Crippen LogP contribution in [0.25, 0.3) is 0 Å². The molecule has 12 heteroatoms. The molecule has 1 aliphatic carbocycles. The van der Waals surface area contributed by atoms with E-state index in [2.05, 4.69) is 5.32 Å². The summed E-state index contributed by atoms with van der Waals surface area (Å²) in [5.41, 5.74) is 1.60. The molecule has 0 saturated heterocycles. The minimum atomic E-state index is -3.96. The van der Waals surface area contributed by atoms with Gasteiger partial charge >= 0.3 is 0 Å². The van der Waals surface area contributed by atoms with Gasteiger partial charge in [-0.25, -0.2) is 8.42 Å². The van der Waals surface area contributed by atoms with Crippen LogP contribution in [0.1, 0.15) is 36.8 Å². The average Bonchev–Trinajstić information content (AvgIpc) is 3.43. The summed E-state index contributed by atoms with van der Waals surface area (Å²) >= 11 is 24.8. The molecule has 0 heterocycles. The molecule has 2 amide bonds. The Kier molecular flexibility index (Phi) is 11.1. The molecule has 3 aromatic rings. The Morgan fingerprint density at radius 3 is 2.12 bits per heavy atom. The number of carbonyl (C=O) groups is 2. The van der Waals surface area contributed by atoms with Gasteiger partial charge in [-0.2, -0.15) is 0 Å². The molecule has 0 bridgehead atoms. The first-order valence-corrected chi connectivity index (χ1v) is 16.8. The molecule has 0 radical (unpaired) electrons. The van der Waals surface area contributed by atoms with Gasteiger partial charge < -0.3 is 10.2 Å². The van der Waals surface area contributed by atoms with Crippen LogP contribution in [0.15, 0.2) is 66.7 Å². The molecule has 4 rings (SSSR count). The summed E-state index contributed by atoms with van der Waals surface area (Å²) in [7, 11) is -3.96. The smallest absolute Gasteiger partial charge is 0.244 e. The summed E-state index contributed by atoms with van der Waals surface area (Å²) < 4.78 is 26.8. The molecule has 42 heavy (non-hydrogen) atoms. The van der Waals surface area contributed by atoms with Crippen molar-refractivity contribution in [1.29, 1.82) is 0 Å². The third-order valence-electron chi connectivity index (χ3n) is 7.12. The Morgan fingerprint density at radius 1 is 0.881 bits per heavy atom. The molecular weight excluding hydrogens is 640 g/mol. The van der Waals surface area contributed by atoms with Crippen LogP contribution in [0.2, 0.25) is 20.1 Å². The zero-order valence-electron chi connectivity index (χ0n) is 22.9. The average molecular weight is 671 g/mol. The van der Waals surface area contributed by atoms with Gasteiger partial charge in [0, 0.05) is 29.1 Å². The lowest BCUT2D eigenvalue weighted by Crippen LogP contribution is -2.54. The second-order valence-corrected chi connectivity index (χ2v) is 14.0. The van der Waals surface area contributed by atoms with E-state index < -0.39 is 28.5 Å². The highest BCUT2D eigenvalue weighted by Crippen LogP contribution is 2.29. The lowest BCUT2D eigenvalue weighted by molar-refractivity contribution is -0.140. The van der Waals surface area contributed by atoms with E-state index in [1.807, 2.05) is 30.3 Å². The maximum Gasteiger partial charge on any atom is 0.244 e. The second kappa shape index (κ2) is 14.3. The van der Waals surface area contributed by atoms with Gasteiger partial charge in [-0.1, -0.05) is 95.6 Å². The van der Waals surface area contributed by atoms with E-state index >= 15 is 0 Å². The maximum atomic E-state index is 14.2. The van der Waals surface area contributed by atoms with Crippen LogP contribution in [-0.4, -0.2) is 50.0 Å². The monoisotopic (exact) mass is 669 g/mol. The van der Waals surface area contributed by atoms with Crippen LogP contribution in [-0.2, 0) is 32.6 Å². The van der Waals surface area contributed by atoms with Crippen molar-refractivity contribution in [2.75, 3.05) is 17.1 Å². The van der Waals surface area contributed by atoms with Crippen LogP contribution in [0.4, 0.5) is 5.69 Å². The lowest BCUT2D eigenvalue weighted by Gasteiger charge is -2.34. The van der Waals surface area contributed by atoms with Crippen molar-refractivity contribution in [2.45, 2.75) is 50.7 Å². The Labute approximate surface area is 266 Å². The molecule has 1 N–H and O–H groups in total. The number of halogens is 4. The van der Waals surface area contributed by atoms with E-state index in [-0.39, 0.29) is 40.6 Å². The first-order valence-electron chi connectivity index (χ1n) is 13.4. The fraction of sp³-hybridized carbons (Fsp3) is 0.333. The van der Waals surface area contributed by atoms with E-state index in [1.165, 1.54) is 23.1 Å². The number of carbonyl (C=O) groups excluding carboxylic acids is 2. The van der Waals surface area contributed by atoms with E-state index in [0.29, 0.717) is 15.6 Å². The van der Waals surface area contributed by atoms with Crippen molar-refractivity contribution in [3.05, 3.63) is 97.9 Å². The Balaban J connectivity index is 1.75. The van der Waals surface area contributed by atoms with Crippen LogP contribution < -0.4 is 9.62 Å². The summed E-state index contributed by atoms with van der Waals surface area (Å²) in [6.45, 7) is -0.599. The first kappa shape index (κ1) is 32.4. The van der Waals surface area contributed by atoms with Gasteiger partial charge in [-0.05, 0) is 54.3 Å². The predicted molar refractivity (Wildman–Crippen MR) is 170 cm³/mol. The Bertz CT molecular complexity index is 1510. The highest BCUT2D eigenvalue weighted by Gasteiger charge is 2.34. The number of anilines is 1. The summed E-state index contributed by atoms with van der Waals surface area (Å²) in [4.78, 5) is 29.5. The number of rotatable bonds is 11. The van der Waals surface area contributed by atoms with E-state index in [9.17, 15) is 18.0 Å². The van der Waals surface area contributed by atoms with Gasteiger partial charge in [0.2, 0.25) is 21.8 Å². The molecule has 1 saturated carbocycles. The molecule has 7 nitrogen and oxygen atoms in total. The Morgan fingerprint density at radius 2 is 1.52 bits per heavy atom. The van der Waals surface area contributed by atoms with Crippen LogP contribution >= 0.6 is 46.4 Å². The molecule has 0 spiro atoms. The van der Waals surface area contributed by atoms with E-state index in [0.717, 1.165) is 41.8 Å². The summed E-state index contributed by atoms with van der Waals surface area (Å²) in [5, 5.41) is 4.19. The van der Waals surface area contributed by atoms with Gasteiger partial charge in [-0.15, -0.1) is 0 Å². The van der Waals surface area contributed by atoms with Gasteiger partial charge in [0.1, 0.15) is 12.6 Å². The van der Waals surface area contributed by atoms with Gasteiger partial charge in [0.15, 0.2) is 0 Å². The number of benzene rings is 3. The minimum Gasteiger partial charge on any atom is -0.352 e. The fourth-order valence-corrected chi connectivity index (χ4v) is 6.72. The largest absolute Gasteiger partial charge is 0.352 e. The van der Waals surface area contributed by atoms with Crippen LogP contribution in [0.3, 0.4) is 0 Å². The third-order valence-corrected chi connectivity index (χ3v) is 9.44. The van der Waals surface area contributed by atoms with Gasteiger partial charge in [-0.3, -0.25) is 13.9 Å². The molecule has 1 fully saturated rings. The minimum absolute atomic E-state index is 0.0128. The molecule has 0 unspecified atom stereocenters. The lowest BCUT2D eigenvalue weighted by atomic mass is 10.0. The van der Waals surface area contributed by atoms with E-state index in [1.54, 1.807) is 18.2 Å². The normalized spacial score (nSPS) is 14.4. The fourth-order valence-electron chi connectivity index (χ4n) is 5.05.